The van der Waals surface area contributed by atoms with Crippen molar-refractivity contribution in [3.8, 4) is 0 Å². The van der Waals surface area contributed by atoms with Gasteiger partial charge < -0.3 is 10.2 Å². The molecule has 2 aromatic rings. The zero-order valence-electron chi connectivity index (χ0n) is 16.3. The molecule has 2 rings (SSSR count). The van der Waals surface area contributed by atoms with Crippen LogP contribution >= 0.6 is 0 Å². The Morgan fingerprint density at radius 2 is 1.71 bits per heavy atom. The molecular formula is C20H26FN3O3S. The van der Waals surface area contributed by atoms with Crippen LogP contribution in [0.5, 0.6) is 0 Å². The summed E-state index contributed by atoms with van der Waals surface area (Å²) in [6.45, 7) is 2.57. The van der Waals surface area contributed by atoms with Crippen LogP contribution in [0.25, 0.3) is 0 Å². The van der Waals surface area contributed by atoms with Crippen molar-refractivity contribution in [3.05, 3.63) is 60.4 Å². The summed E-state index contributed by atoms with van der Waals surface area (Å²) in [5.41, 5.74) is 0.876. The van der Waals surface area contributed by atoms with Gasteiger partial charge >= 0.3 is 0 Å². The first-order valence-corrected chi connectivity index (χ1v) is 10.9. The molecule has 0 saturated heterocycles. The van der Waals surface area contributed by atoms with E-state index in [0.29, 0.717) is 13.1 Å². The SMILES string of the molecule is CC[C@H](C(=O)NCCN(C)c1ccccc1)N(c1ccccc1F)S(C)(=O)=O. The van der Waals surface area contributed by atoms with Crippen LogP contribution in [0.1, 0.15) is 13.3 Å². The maximum absolute atomic E-state index is 14.2. The Balaban J connectivity index is 2.11. The first kappa shape index (κ1) is 21.7. The van der Waals surface area contributed by atoms with E-state index in [1.54, 1.807) is 6.92 Å². The van der Waals surface area contributed by atoms with Crippen molar-refractivity contribution in [1.29, 1.82) is 0 Å². The zero-order chi connectivity index (χ0) is 20.7. The van der Waals surface area contributed by atoms with E-state index in [-0.39, 0.29) is 12.1 Å². The topological polar surface area (TPSA) is 69.7 Å². The molecule has 152 valence electrons. The number of rotatable bonds is 9. The quantitative estimate of drug-likeness (QED) is 0.694. The van der Waals surface area contributed by atoms with Gasteiger partial charge in [-0.2, -0.15) is 0 Å². The maximum atomic E-state index is 14.2. The number of benzene rings is 2. The van der Waals surface area contributed by atoms with Gasteiger partial charge in [0.15, 0.2) is 0 Å². The van der Waals surface area contributed by atoms with Gasteiger partial charge in [0.2, 0.25) is 15.9 Å². The first-order chi connectivity index (χ1) is 13.3. The maximum Gasteiger partial charge on any atom is 0.243 e. The van der Waals surface area contributed by atoms with Crippen molar-refractivity contribution < 1.29 is 17.6 Å². The third-order valence-electron chi connectivity index (χ3n) is 4.36. The van der Waals surface area contributed by atoms with Crippen LogP contribution < -0.4 is 14.5 Å². The molecule has 0 saturated carbocycles. The molecule has 0 radical (unpaired) electrons. The summed E-state index contributed by atoms with van der Waals surface area (Å²) in [4.78, 5) is 14.7. The lowest BCUT2D eigenvalue weighted by molar-refractivity contribution is -0.122. The van der Waals surface area contributed by atoms with Gasteiger partial charge in [0, 0.05) is 25.8 Å². The van der Waals surface area contributed by atoms with Crippen molar-refractivity contribution in [2.24, 2.45) is 0 Å². The third kappa shape index (κ3) is 5.45. The molecule has 28 heavy (non-hydrogen) atoms. The molecule has 0 spiro atoms. The zero-order valence-corrected chi connectivity index (χ0v) is 17.1. The van der Waals surface area contributed by atoms with Crippen LogP contribution in [0.3, 0.4) is 0 Å². The summed E-state index contributed by atoms with van der Waals surface area (Å²) in [5, 5.41) is 2.77. The molecule has 2 aromatic carbocycles. The summed E-state index contributed by atoms with van der Waals surface area (Å²) < 4.78 is 39.7. The molecule has 0 aliphatic rings. The summed E-state index contributed by atoms with van der Waals surface area (Å²) >= 11 is 0. The van der Waals surface area contributed by atoms with Gasteiger partial charge in [-0.05, 0) is 30.7 Å². The van der Waals surface area contributed by atoms with Crippen LogP contribution in [0.4, 0.5) is 15.8 Å². The number of amides is 1. The van der Waals surface area contributed by atoms with Gasteiger partial charge in [0.25, 0.3) is 0 Å². The largest absolute Gasteiger partial charge is 0.373 e. The highest BCUT2D eigenvalue weighted by Crippen LogP contribution is 2.25. The molecule has 0 bridgehead atoms. The van der Waals surface area contributed by atoms with E-state index in [1.807, 2.05) is 42.3 Å². The summed E-state index contributed by atoms with van der Waals surface area (Å²) in [7, 11) is -1.96. The van der Waals surface area contributed by atoms with Gasteiger partial charge in [0.05, 0.1) is 11.9 Å². The minimum absolute atomic E-state index is 0.131. The molecular weight excluding hydrogens is 381 g/mol. The number of carbonyl (C=O) groups excluding carboxylic acids is 1. The summed E-state index contributed by atoms with van der Waals surface area (Å²) in [5.74, 6) is -1.15. The minimum Gasteiger partial charge on any atom is -0.373 e. The predicted molar refractivity (Wildman–Crippen MR) is 111 cm³/mol. The van der Waals surface area contributed by atoms with Crippen LogP contribution in [0.2, 0.25) is 0 Å². The van der Waals surface area contributed by atoms with Crippen LogP contribution in [0, 0.1) is 5.82 Å². The van der Waals surface area contributed by atoms with Crippen molar-refractivity contribution in [3.63, 3.8) is 0 Å². The van der Waals surface area contributed by atoms with Crippen molar-refractivity contribution in [2.75, 3.05) is 35.6 Å². The number of anilines is 2. The lowest BCUT2D eigenvalue weighted by atomic mass is 10.2. The van der Waals surface area contributed by atoms with Gasteiger partial charge in [-0.3, -0.25) is 9.10 Å². The molecule has 0 heterocycles. The van der Waals surface area contributed by atoms with Crippen molar-refractivity contribution >= 4 is 27.3 Å². The van der Waals surface area contributed by atoms with Gasteiger partial charge in [0.1, 0.15) is 11.9 Å². The van der Waals surface area contributed by atoms with Crippen LogP contribution in [0.15, 0.2) is 54.6 Å². The lowest BCUT2D eigenvalue weighted by Gasteiger charge is -2.30. The van der Waals surface area contributed by atoms with Crippen molar-refractivity contribution in [1.82, 2.24) is 5.32 Å². The highest BCUT2D eigenvalue weighted by Gasteiger charge is 2.32. The number of hydrogen-bond acceptors (Lipinski definition) is 4. The van der Waals surface area contributed by atoms with E-state index in [9.17, 15) is 17.6 Å². The Bertz CT molecular complexity index is 891. The molecule has 0 aliphatic heterocycles. The second-order valence-electron chi connectivity index (χ2n) is 6.48. The molecule has 1 N–H and O–H groups in total. The molecule has 1 atom stereocenters. The molecule has 8 heteroatoms. The number of carbonyl (C=O) groups is 1. The average molecular weight is 408 g/mol. The standard InChI is InChI=1S/C20H26FN3O3S/c1-4-18(24(28(3,26)27)19-13-9-8-12-17(19)21)20(25)22-14-15-23(2)16-10-6-5-7-11-16/h5-13,18H,4,14-15H2,1-3H3,(H,22,25)/t18-/m1/s1. The Morgan fingerprint density at radius 1 is 1.11 bits per heavy atom. The first-order valence-electron chi connectivity index (χ1n) is 9.03. The number of nitrogens with one attached hydrogen (secondary N) is 1. The number of sulfonamides is 1. The molecule has 0 fully saturated rings. The highest BCUT2D eigenvalue weighted by molar-refractivity contribution is 7.92. The second-order valence-corrected chi connectivity index (χ2v) is 8.34. The van der Waals surface area contributed by atoms with Crippen molar-refractivity contribution in [2.45, 2.75) is 19.4 Å². The van der Waals surface area contributed by atoms with Gasteiger partial charge in [-0.15, -0.1) is 0 Å². The third-order valence-corrected chi connectivity index (χ3v) is 5.53. The van der Waals surface area contributed by atoms with E-state index in [4.69, 9.17) is 0 Å². The number of halogens is 1. The lowest BCUT2D eigenvalue weighted by Crippen LogP contribution is -2.50. The molecule has 1 amide bonds. The monoisotopic (exact) mass is 407 g/mol. The van der Waals surface area contributed by atoms with Gasteiger partial charge in [-0.1, -0.05) is 37.3 Å². The Morgan fingerprint density at radius 3 is 2.29 bits per heavy atom. The van der Waals surface area contributed by atoms with E-state index in [0.717, 1.165) is 16.2 Å². The molecule has 0 aliphatic carbocycles. The predicted octanol–water partition coefficient (Wildman–Crippen LogP) is 2.62. The van der Waals surface area contributed by atoms with Crippen LogP contribution in [-0.4, -0.2) is 46.8 Å². The molecule has 0 unspecified atom stereocenters. The Kier molecular flexibility index (Phi) is 7.39. The van der Waals surface area contributed by atoms with E-state index < -0.39 is 27.8 Å². The molecule has 0 aromatic heterocycles. The number of para-hydroxylation sites is 2. The average Bonchev–Trinajstić information content (AvgIpc) is 2.66. The Hall–Kier alpha value is -2.61. The smallest absolute Gasteiger partial charge is 0.243 e. The number of likely N-dealkylation sites (N-methyl/N-ethyl adjacent to an activating group) is 1. The highest BCUT2D eigenvalue weighted by atomic mass is 32.2. The van der Waals surface area contributed by atoms with Crippen LogP contribution in [-0.2, 0) is 14.8 Å². The fraction of sp³-hybridized carbons (Fsp3) is 0.350. The summed E-state index contributed by atoms with van der Waals surface area (Å²) in [6, 6.07) is 14.2. The normalized spacial score (nSPS) is 12.3. The van der Waals surface area contributed by atoms with E-state index >= 15 is 0 Å². The number of hydrogen-bond donors (Lipinski definition) is 1. The fourth-order valence-corrected chi connectivity index (χ4v) is 4.15. The Labute approximate surface area is 166 Å². The molecule has 6 nitrogen and oxygen atoms in total. The van der Waals surface area contributed by atoms with E-state index in [1.165, 1.54) is 24.3 Å². The number of nitrogens with zero attached hydrogens (tertiary/aromatic N) is 2. The fourth-order valence-electron chi connectivity index (χ4n) is 2.94. The second kappa shape index (κ2) is 9.54. The van der Waals surface area contributed by atoms with E-state index in [2.05, 4.69) is 5.32 Å². The summed E-state index contributed by atoms with van der Waals surface area (Å²) in [6.07, 6.45) is 1.18. The minimum atomic E-state index is -3.86. The van der Waals surface area contributed by atoms with Gasteiger partial charge in [-0.25, -0.2) is 12.8 Å².